The summed E-state index contributed by atoms with van der Waals surface area (Å²) in [5.74, 6) is -0.455. The number of nitrogens with two attached hydrogens (primary N) is 1. The number of amides is 1. The Kier molecular flexibility index (Phi) is 3.86. The van der Waals surface area contributed by atoms with E-state index >= 15 is 0 Å². The van der Waals surface area contributed by atoms with Gasteiger partial charge in [0, 0.05) is 16.8 Å². The zero-order chi connectivity index (χ0) is 12.3. The Balaban J connectivity index is 2.16. The molecule has 4 nitrogen and oxygen atoms in total. The molecule has 0 radical (unpaired) electrons. The molecular formula is C12H16ClN3O. The van der Waals surface area contributed by atoms with Crippen LogP contribution in [0.4, 0.5) is 5.69 Å². The molecule has 0 atom stereocenters. The first kappa shape index (κ1) is 12.2. The predicted molar refractivity (Wildman–Crippen MR) is 69.5 cm³/mol. The van der Waals surface area contributed by atoms with Gasteiger partial charge in [-0.3, -0.25) is 4.79 Å². The molecule has 0 unspecified atom stereocenters. The fourth-order valence-electron chi connectivity index (χ4n) is 2.03. The topological polar surface area (TPSA) is 67.2 Å². The highest BCUT2D eigenvalue weighted by molar-refractivity contribution is 6.31. The number of benzene rings is 1. The van der Waals surface area contributed by atoms with Crippen molar-refractivity contribution in [1.29, 1.82) is 0 Å². The maximum Gasteiger partial charge on any atom is 0.250 e. The number of rotatable bonds is 3. The van der Waals surface area contributed by atoms with E-state index in [1.807, 2.05) is 6.07 Å². The van der Waals surface area contributed by atoms with E-state index in [1.54, 1.807) is 12.1 Å². The van der Waals surface area contributed by atoms with E-state index < -0.39 is 5.91 Å². The molecule has 0 aromatic heterocycles. The van der Waals surface area contributed by atoms with Gasteiger partial charge in [-0.2, -0.15) is 0 Å². The predicted octanol–water partition coefficient (Wildman–Crippen LogP) is 1.60. The number of piperidine rings is 1. The molecule has 1 aromatic rings. The van der Waals surface area contributed by atoms with Crippen LogP contribution in [0, 0.1) is 0 Å². The largest absolute Gasteiger partial charge is 0.382 e. The molecule has 1 aliphatic heterocycles. The van der Waals surface area contributed by atoms with Gasteiger partial charge >= 0.3 is 0 Å². The Morgan fingerprint density at radius 1 is 1.41 bits per heavy atom. The van der Waals surface area contributed by atoms with E-state index in [0.717, 1.165) is 31.6 Å². The number of primary amides is 1. The summed E-state index contributed by atoms with van der Waals surface area (Å²) < 4.78 is 0. The molecule has 0 saturated carbocycles. The van der Waals surface area contributed by atoms with Crippen LogP contribution in [0.1, 0.15) is 23.2 Å². The minimum Gasteiger partial charge on any atom is -0.382 e. The van der Waals surface area contributed by atoms with Crippen LogP contribution < -0.4 is 16.4 Å². The summed E-state index contributed by atoms with van der Waals surface area (Å²) in [5, 5.41) is 7.18. The van der Waals surface area contributed by atoms with Crippen molar-refractivity contribution in [3.05, 3.63) is 28.8 Å². The van der Waals surface area contributed by atoms with E-state index in [-0.39, 0.29) is 0 Å². The summed E-state index contributed by atoms with van der Waals surface area (Å²) in [6.07, 6.45) is 2.08. The van der Waals surface area contributed by atoms with Crippen molar-refractivity contribution in [3.8, 4) is 0 Å². The van der Waals surface area contributed by atoms with Gasteiger partial charge in [0.1, 0.15) is 0 Å². The van der Waals surface area contributed by atoms with Crippen LogP contribution in [0.5, 0.6) is 0 Å². The second-order valence-electron chi connectivity index (χ2n) is 4.22. The smallest absolute Gasteiger partial charge is 0.250 e. The van der Waals surface area contributed by atoms with Gasteiger partial charge in [-0.15, -0.1) is 0 Å². The number of halogens is 1. The lowest BCUT2D eigenvalue weighted by Gasteiger charge is -2.25. The van der Waals surface area contributed by atoms with Crippen molar-refractivity contribution < 1.29 is 4.79 Å². The van der Waals surface area contributed by atoms with Crippen molar-refractivity contribution in [1.82, 2.24) is 5.32 Å². The van der Waals surface area contributed by atoms with Crippen LogP contribution in [0.3, 0.4) is 0 Å². The van der Waals surface area contributed by atoms with Crippen LogP contribution in [-0.2, 0) is 0 Å². The summed E-state index contributed by atoms with van der Waals surface area (Å²) in [7, 11) is 0. The highest BCUT2D eigenvalue weighted by Gasteiger charge is 2.15. The third-order valence-electron chi connectivity index (χ3n) is 2.95. The summed E-state index contributed by atoms with van der Waals surface area (Å²) in [6, 6.07) is 5.56. The van der Waals surface area contributed by atoms with Crippen molar-refractivity contribution in [3.63, 3.8) is 0 Å². The van der Waals surface area contributed by atoms with Gasteiger partial charge in [-0.1, -0.05) is 11.6 Å². The summed E-state index contributed by atoms with van der Waals surface area (Å²) in [4.78, 5) is 11.3. The standard InChI is InChI=1S/C12H16ClN3O/c13-8-1-2-11(10(7-8)12(14)17)16-9-3-5-15-6-4-9/h1-2,7,9,15-16H,3-6H2,(H2,14,17). The molecule has 0 bridgehead atoms. The van der Waals surface area contributed by atoms with Gasteiger partial charge in [-0.05, 0) is 44.1 Å². The molecule has 1 aliphatic rings. The minimum atomic E-state index is -0.455. The molecule has 0 aliphatic carbocycles. The number of hydrogen-bond donors (Lipinski definition) is 3. The fraction of sp³-hybridized carbons (Fsp3) is 0.417. The maximum absolute atomic E-state index is 11.3. The van der Waals surface area contributed by atoms with Crippen molar-refractivity contribution in [2.45, 2.75) is 18.9 Å². The fourth-order valence-corrected chi connectivity index (χ4v) is 2.20. The Hall–Kier alpha value is -1.26. The van der Waals surface area contributed by atoms with Crippen LogP contribution in [0.2, 0.25) is 5.02 Å². The van der Waals surface area contributed by atoms with Crippen molar-refractivity contribution in [2.24, 2.45) is 5.73 Å². The zero-order valence-electron chi connectivity index (χ0n) is 9.50. The first-order valence-corrected chi connectivity index (χ1v) is 6.11. The van der Waals surface area contributed by atoms with Gasteiger partial charge < -0.3 is 16.4 Å². The highest BCUT2D eigenvalue weighted by Crippen LogP contribution is 2.22. The van der Waals surface area contributed by atoms with E-state index in [2.05, 4.69) is 10.6 Å². The molecule has 1 fully saturated rings. The normalized spacial score (nSPS) is 16.8. The lowest BCUT2D eigenvalue weighted by Crippen LogP contribution is -2.35. The first-order valence-electron chi connectivity index (χ1n) is 5.73. The zero-order valence-corrected chi connectivity index (χ0v) is 10.3. The lowest BCUT2D eigenvalue weighted by molar-refractivity contribution is 0.100. The Labute approximate surface area is 106 Å². The molecule has 1 heterocycles. The number of anilines is 1. The third-order valence-corrected chi connectivity index (χ3v) is 3.18. The summed E-state index contributed by atoms with van der Waals surface area (Å²) in [6.45, 7) is 1.99. The van der Waals surface area contributed by atoms with Crippen molar-refractivity contribution >= 4 is 23.2 Å². The number of hydrogen-bond acceptors (Lipinski definition) is 3. The number of nitrogens with one attached hydrogen (secondary N) is 2. The van der Waals surface area contributed by atoms with Crippen LogP contribution >= 0.6 is 11.6 Å². The van der Waals surface area contributed by atoms with Crippen LogP contribution in [-0.4, -0.2) is 25.0 Å². The van der Waals surface area contributed by atoms with E-state index in [1.165, 1.54) is 0 Å². The van der Waals surface area contributed by atoms with Gasteiger partial charge in [0.15, 0.2) is 0 Å². The summed E-state index contributed by atoms with van der Waals surface area (Å²) >= 11 is 5.86. The molecule has 92 valence electrons. The Morgan fingerprint density at radius 2 is 2.12 bits per heavy atom. The quantitative estimate of drug-likeness (QED) is 0.767. The number of carbonyl (C=O) groups is 1. The molecule has 17 heavy (non-hydrogen) atoms. The van der Waals surface area contributed by atoms with Gasteiger partial charge in [0.2, 0.25) is 0 Å². The number of carbonyl (C=O) groups excluding carboxylic acids is 1. The summed E-state index contributed by atoms with van der Waals surface area (Å²) in [5.41, 5.74) is 6.57. The molecular weight excluding hydrogens is 238 g/mol. The molecule has 0 spiro atoms. The molecule has 1 aromatic carbocycles. The molecule has 1 saturated heterocycles. The van der Waals surface area contributed by atoms with Crippen LogP contribution in [0.25, 0.3) is 0 Å². The van der Waals surface area contributed by atoms with E-state index in [4.69, 9.17) is 17.3 Å². The SMILES string of the molecule is NC(=O)c1cc(Cl)ccc1NC1CCNCC1. The highest BCUT2D eigenvalue weighted by atomic mass is 35.5. The molecule has 5 heteroatoms. The van der Waals surface area contributed by atoms with E-state index in [9.17, 15) is 4.79 Å². The molecule has 2 rings (SSSR count). The molecule has 1 amide bonds. The van der Waals surface area contributed by atoms with Crippen LogP contribution in [0.15, 0.2) is 18.2 Å². The van der Waals surface area contributed by atoms with Crippen molar-refractivity contribution in [2.75, 3.05) is 18.4 Å². The average molecular weight is 254 g/mol. The van der Waals surface area contributed by atoms with Gasteiger partial charge in [0.25, 0.3) is 5.91 Å². The average Bonchev–Trinajstić information content (AvgIpc) is 2.32. The monoisotopic (exact) mass is 253 g/mol. The van der Waals surface area contributed by atoms with Gasteiger partial charge in [0.05, 0.1) is 5.56 Å². The third kappa shape index (κ3) is 3.11. The van der Waals surface area contributed by atoms with E-state index in [0.29, 0.717) is 16.6 Å². The lowest BCUT2D eigenvalue weighted by atomic mass is 10.0. The maximum atomic E-state index is 11.3. The Morgan fingerprint density at radius 3 is 2.76 bits per heavy atom. The Bertz CT molecular complexity index is 416. The second-order valence-corrected chi connectivity index (χ2v) is 4.66. The molecule has 4 N–H and O–H groups in total. The second kappa shape index (κ2) is 5.38. The minimum absolute atomic E-state index is 0.385. The first-order chi connectivity index (χ1) is 8.16. The van der Waals surface area contributed by atoms with Gasteiger partial charge in [-0.25, -0.2) is 0 Å².